The number of hydrogen-bond donors (Lipinski definition) is 5. The molecule has 0 bridgehead atoms. The largest absolute Gasteiger partial charge is 0.479 e. The summed E-state index contributed by atoms with van der Waals surface area (Å²) in [7, 11) is 0. The molecule has 0 fully saturated rings. The van der Waals surface area contributed by atoms with Gasteiger partial charge in [0.25, 0.3) is 0 Å². The van der Waals surface area contributed by atoms with E-state index in [0.717, 1.165) is 0 Å². The average Bonchev–Trinajstić information content (AvgIpc) is 2.59. The average molecular weight is 344 g/mol. The summed E-state index contributed by atoms with van der Waals surface area (Å²) in [6.45, 7) is 0.413. The number of carbonyl (C=O) groups is 2. The summed E-state index contributed by atoms with van der Waals surface area (Å²) in [5.41, 5.74) is 0. The van der Waals surface area contributed by atoms with Crippen molar-refractivity contribution in [2.45, 2.75) is 37.4 Å². The highest BCUT2D eigenvalue weighted by Crippen LogP contribution is 2.12. The van der Waals surface area contributed by atoms with E-state index in [4.69, 9.17) is 14.9 Å². The molecule has 9 heteroatoms. The Morgan fingerprint density at radius 2 is 1.58 bits per heavy atom. The molecular weight excluding hydrogens is 324 g/mol. The van der Waals surface area contributed by atoms with Gasteiger partial charge in [-0.3, -0.25) is 0 Å². The zero-order chi connectivity index (χ0) is 18.3. The molecular formula is C15H20O9. The third kappa shape index (κ3) is 5.55. The van der Waals surface area contributed by atoms with Gasteiger partial charge >= 0.3 is 11.9 Å². The second kappa shape index (κ2) is 9.30. The van der Waals surface area contributed by atoms with Crippen molar-refractivity contribution in [2.75, 3.05) is 6.61 Å². The fraction of sp³-hybridized carbons (Fsp3) is 0.467. The molecule has 0 heterocycles. The van der Waals surface area contributed by atoms with Crippen molar-refractivity contribution in [2.24, 2.45) is 0 Å². The third-order valence-corrected chi connectivity index (χ3v) is 3.09. The molecule has 0 aromatic heterocycles. The predicted molar refractivity (Wildman–Crippen MR) is 78.7 cm³/mol. The Balaban J connectivity index is 2.57. The van der Waals surface area contributed by atoms with E-state index in [1.54, 1.807) is 30.3 Å². The molecule has 1 aromatic rings. The van der Waals surface area contributed by atoms with Gasteiger partial charge in [-0.15, -0.1) is 0 Å². The molecule has 24 heavy (non-hydrogen) atoms. The number of esters is 2. The van der Waals surface area contributed by atoms with E-state index < -0.39 is 49.1 Å². The van der Waals surface area contributed by atoms with E-state index >= 15 is 0 Å². The monoisotopic (exact) mass is 344 g/mol. The van der Waals surface area contributed by atoms with Gasteiger partial charge in [0.2, 0.25) is 0 Å². The minimum absolute atomic E-state index is 0.358. The topological polar surface area (TPSA) is 154 Å². The lowest BCUT2D eigenvalue weighted by molar-refractivity contribution is -0.179. The highest BCUT2D eigenvalue weighted by atomic mass is 16.6. The molecule has 5 N–H and O–H groups in total. The summed E-state index contributed by atoms with van der Waals surface area (Å²) in [4.78, 5) is 23.3. The van der Waals surface area contributed by atoms with Gasteiger partial charge in [-0.05, 0) is 19.1 Å². The zero-order valence-corrected chi connectivity index (χ0v) is 12.8. The van der Waals surface area contributed by atoms with Crippen LogP contribution < -0.4 is 4.74 Å². The van der Waals surface area contributed by atoms with Crippen LogP contribution >= 0.6 is 0 Å². The fourth-order valence-corrected chi connectivity index (χ4v) is 1.66. The van der Waals surface area contributed by atoms with Crippen molar-refractivity contribution in [3.63, 3.8) is 0 Å². The Kier molecular flexibility index (Phi) is 7.75. The van der Waals surface area contributed by atoms with Crippen LogP contribution in [0.2, 0.25) is 0 Å². The van der Waals surface area contributed by atoms with Crippen LogP contribution in [0.5, 0.6) is 5.75 Å². The standard InChI is InChI=1S/C15H20O9/c1-8(23-9-5-3-2-4-6-9)14(21)24-15(22)13(20)12(19)11(18)10(17)7-16/h2-6,8,10-13,16-20H,7H2,1H3/t8?,10-,11-,12+,13-/m1/s1. The number of benzene rings is 1. The summed E-state index contributed by atoms with van der Waals surface area (Å²) >= 11 is 0. The number of ether oxygens (including phenoxy) is 2. The molecule has 134 valence electrons. The molecule has 5 atom stereocenters. The van der Waals surface area contributed by atoms with E-state index in [0.29, 0.717) is 5.75 Å². The maximum Gasteiger partial charge on any atom is 0.354 e. The molecule has 1 rings (SSSR count). The molecule has 1 unspecified atom stereocenters. The van der Waals surface area contributed by atoms with Crippen LogP contribution in [-0.4, -0.2) is 74.6 Å². The van der Waals surface area contributed by atoms with Gasteiger partial charge in [0.1, 0.15) is 24.1 Å². The molecule has 0 amide bonds. The summed E-state index contributed by atoms with van der Waals surface area (Å²) in [5.74, 6) is -2.29. The highest BCUT2D eigenvalue weighted by molar-refractivity contribution is 5.90. The van der Waals surface area contributed by atoms with Gasteiger partial charge < -0.3 is 35.0 Å². The van der Waals surface area contributed by atoms with Crippen LogP contribution in [0.15, 0.2) is 30.3 Å². The first-order valence-corrected chi connectivity index (χ1v) is 7.08. The number of aliphatic hydroxyl groups is 5. The maximum absolute atomic E-state index is 11.7. The van der Waals surface area contributed by atoms with Crippen LogP contribution in [0.3, 0.4) is 0 Å². The summed E-state index contributed by atoms with van der Waals surface area (Å²) in [5, 5.41) is 46.3. The van der Waals surface area contributed by atoms with Crippen molar-refractivity contribution in [1.29, 1.82) is 0 Å². The van der Waals surface area contributed by atoms with Crippen molar-refractivity contribution >= 4 is 11.9 Å². The molecule has 0 spiro atoms. The number of carbonyl (C=O) groups excluding carboxylic acids is 2. The minimum Gasteiger partial charge on any atom is -0.479 e. The lowest BCUT2D eigenvalue weighted by Gasteiger charge is -2.24. The second-order valence-electron chi connectivity index (χ2n) is 4.99. The number of para-hydroxylation sites is 1. The second-order valence-corrected chi connectivity index (χ2v) is 4.99. The van der Waals surface area contributed by atoms with Crippen LogP contribution in [0, 0.1) is 0 Å². The zero-order valence-electron chi connectivity index (χ0n) is 12.8. The Morgan fingerprint density at radius 3 is 2.12 bits per heavy atom. The molecule has 0 saturated carbocycles. The third-order valence-electron chi connectivity index (χ3n) is 3.09. The maximum atomic E-state index is 11.7. The first-order valence-electron chi connectivity index (χ1n) is 7.08. The van der Waals surface area contributed by atoms with Gasteiger partial charge in [0.15, 0.2) is 12.2 Å². The Hall–Kier alpha value is -2.04. The molecule has 0 aliphatic carbocycles. The smallest absolute Gasteiger partial charge is 0.354 e. The first kappa shape index (κ1) is 20.0. The molecule has 0 saturated heterocycles. The van der Waals surface area contributed by atoms with Crippen LogP contribution in [0.1, 0.15) is 6.92 Å². The van der Waals surface area contributed by atoms with Crippen molar-refractivity contribution in [3.8, 4) is 5.75 Å². The number of hydrogen-bond acceptors (Lipinski definition) is 9. The van der Waals surface area contributed by atoms with Crippen LogP contribution in [0.25, 0.3) is 0 Å². The molecule has 0 radical (unpaired) electrons. The van der Waals surface area contributed by atoms with E-state index in [-0.39, 0.29) is 0 Å². The normalized spacial score (nSPS) is 17.2. The Labute approximate surface area is 137 Å². The van der Waals surface area contributed by atoms with Crippen molar-refractivity contribution in [3.05, 3.63) is 30.3 Å². The van der Waals surface area contributed by atoms with Crippen LogP contribution in [-0.2, 0) is 14.3 Å². The van der Waals surface area contributed by atoms with Gasteiger partial charge in [-0.25, -0.2) is 9.59 Å². The van der Waals surface area contributed by atoms with E-state index in [1.165, 1.54) is 6.92 Å². The Morgan fingerprint density at radius 1 is 1.00 bits per heavy atom. The molecule has 0 aliphatic rings. The van der Waals surface area contributed by atoms with Gasteiger partial charge in [0, 0.05) is 0 Å². The highest BCUT2D eigenvalue weighted by Gasteiger charge is 2.36. The predicted octanol–water partition coefficient (Wildman–Crippen LogP) is -2.04. The van der Waals surface area contributed by atoms with Crippen molar-refractivity contribution in [1.82, 2.24) is 0 Å². The quantitative estimate of drug-likeness (QED) is 0.265. The van der Waals surface area contributed by atoms with Gasteiger partial charge in [0.05, 0.1) is 6.61 Å². The van der Waals surface area contributed by atoms with E-state index in [2.05, 4.69) is 4.74 Å². The van der Waals surface area contributed by atoms with Gasteiger partial charge in [-0.2, -0.15) is 0 Å². The molecule has 9 nitrogen and oxygen atoms in total. The van der Waals surface area contributed by atoms with E-state index in [1.807, 2.05) is 0 Å². The number of aliphatic hydroxyl groups excluding tert-OH is 5. The summed E-state index contributed by atoms with van der Waals surface area (Å²) in [6, 6.07) is 8.25. The summed E-state index contributed by atoms with van der Waals surface area (Å²) in [6.07, 6.45) is -9.41. The molecule has 0 aliphatic heterocycles. The lowest BCUT2D eigenvalue weighted by atomic mass is 10.0. The van der Waals surface area contributed by atoms with E-state index in [9.17, 15) is 24.9 Å². The fourth-order valence-electron chi connectivity index (χ4n) is 1.66. The number of rotatable bonds is 8. The van der Waals surface area contributed by atoms with Crippen LogP contribution in [0.4, 0.5) is 0 Å². The summed E-state index contributed by atoms with van der Waals surface area (Å²) < 4.78 is 9.59. The lowest BCUT2D eigenvalue weighted by Crippen LogP contribution is -2.49. The SMILES string of the molecule is CC(Oc1ccccc1)C(=O)OC(=O)[C@H](O)[C@@H](O)[C@H](O)[C@H](O)CO. The van der Waals surface area contributed by atoms with Crippen molar-refractivity contribution < 1.29 is 44.6 Å². The minimum atomic E-state index is -2.30. The van der Waals surface area contributed by atoms with Gasteiger partial charge in [-0.1, -0.05) is 18.2 Å². The first-order chi connectivity index (χ1) is 11.3. The molecule has 1 aromatic carbocycles. The Bertz CT molecular complexity index is 533.